The third-order valence-electron chi connectivity index (χ3n) is 5.86. The van der Waals surface area contributed by atoms with Gasteiger partial charge >= 0.3 is 0 Å². The first-order valence-electron chi connectivity index (χ1n) is 11.1. The fourth-order valence-electron chi connectivity index (χ4n) is 4.14. The molecule has 33 heavy (non-hydrogen) atoms. The van der Waals surface area contributed by atoms with E-state index < -0.39 is 0 Å². The molecule has 1 saturated heterocycles. The van der Waals surface area contributed by atoms with Crippen molar-refractivity contribution in [2.24, 2.45) is 5.92 Å². The highest BCUT2D eigenvalue weighted by Crippen LogP contribution is 2.24. The Bertz CT molecular complexity index is 1190. The summed E-state index contributed by atoms with van der Waals surface area (Å²) in [7, 11) is 0. The zero-order valence-corrected chi connectivity index (χ0v) is 18.2. The Morgan fingerprint density at radius 1 is 1.00 bits per heavy atom. The average molecular weight is 440 g/mol. The van der Waals surface area contributed by atoms with Crippen molar-refractivity contribution in [3.63, 3.8) is 0 Å². The standard InChI is InChI=1S/C25H25N7O/c33-25(28-17-19-6-4-12-26-16-19)21-9-5-14-31(18-21)22-10-11-23(30-29-22)32-15-13-27-24(32)20-7-2-1-3-8-20/h1-4,6-8,10-13,15-16,21H,5,9,14,17-18H2,(H,28,33). The number of hydrogen-bond acceptors (Lipinski definition) is 6. The molecule has 0 aliphatic carbocycles. The molecule has 3 aromatic heterocycles. The second kappa shape index (κ2) is 9.60. The normalized spacial score (nSPS) is 15.9. The number of imidazole rings is 1. The number of benzene rings is 1. The third-order valence-corrected chi connectivity index (χ3v) is 5.86. The van der Waals surface area contributed by atoms with Gasteiger partial charge in [-0.25, -0.2) is 4.98 Å². The molecule has 8 heteroatoms. The van der Waals surface area contributed by atoms with Crippen molar-refractivity contribution >= 4 is 11.7 Å². The van der Waals surface area contributed by atoms with Crippen LogP contribution in [0.25, 0.3) is 17.2 Å². The predicted octanol–water partition coefficient (Wildman–Crippen LogP) is 3.26. The van der Waals surface area contributed by atoms with Gasteiger partial charge < -0.3 is 10.2 Å². The molecule has 1 N–H and O–H groups in total. The van der Waals surface area contributed by atoms with Gasteiger partial charge in [0.15, 0.2) is 11.6 Å². The van der Waals surface area contributed by atoms with Crippen LogP contribution in [0.3, 0.4) is 0 Å². The highest BCUT2D eigenvalue weighted by Gasteiger charge is 2.26. The van der Waals surface area contributed by atoms with Crippen molar-refractivity contribution in [2.45, 2.75) is 19.4 Å². The summed E-state index contributed by atoms with van der Waals surface area (Å²) in [5, 5.41) is 12.0. The highest BCUT2D eigenvalue weighted by molar-refractivity contribution is 5.79. The van der Waals surface area contributed by atoms with E-state index in [-0.39, 0.29) is 11.8 Å². The number of carbonyl (C=O) groups excluding carboxylic acids is 1. The average Bonchev–Trinajstić information content (AvgIpc) is 3.39. The Morgan fingerprint density at radius 2 is 1.85 bits per heavy atom. The first-order valence-corrected chi connectivity index (χ1v) is 11.1. The van der Waals surface area contributed by atoms with Crippen LogP contribution in [0.1, 0.15) is 18.4 Å². The Balaban J connectivity index is 1.25. The summed E-state index contributed by atoms with van der Waals surface area (Å²) in [6.07, 6.45) is 8.96. The molecular formula is C25H25N7O. The molecule has 166 valence electrons. The van der Waals surface area contributed by atoms with Crippen LogP contribution in [0.4, 0.5) is 5.82 Å². The van der Waals surface area contributed by atoms with Crippen LogP contribution in [0.2, 0.25) is 0 Å². The van der Waals surface area contributed by atoms with E-state index in [1.165, 1.54) is 0 Å². The van der Waals surface area contributed by atoms with E-state index in [4.69, 9.17) is 0 Å². The Morgan fingerprint density at radius 3 is 2.64 bits per heavy atom. The zero-order chi connectivity index (χ0) is 22.5. The van der Waals surface area contributed by atoms with Crippen molar-refractivity contribution in [2.75, 3.05) is 18.0 Å². The molecule has 1 unspecified atom stereocenters. The number of nitrogens with zero attached hydrogens (tertiary/aromatic N) is 6. The van der Waals surface area contributed by atoms with Crippen LogP contribution in [0.15, 0.2) is 79.4 Å². The number of piperidine rings is 1. The molecule has 1 aromatic carbocycles. The molecule has 4 heterocycles. The van der Waals surface area contributed by atoms with E-state index in [0.29, 0.717) is 18.9 Å². The van der Waals surface area contributed by atoms with Gasteiger partial charge in [-0.3, -0.25) is 14.3 Å². The SMILES string of the molecule is O=C(NCc1cccnc1)C1CCCN(c2ccc(-n3ccnc3-c3ccccc3)nn2)C1. The van der Waals surface area contributed by atoms with E-state index in [2.05, 4.69) is 30.4 Å². The molecule has 1 fully saturated rings. The molecule has 0 spiro atoms. The van der Waals surface area contributed by atoms with Gasteiger partial charge in [0.1, 0.15) is 5.82 Å². The molecule has 1 aliphatic heterocycles. The van der Waals surface area contributed by atoms with Crippen molar-refractivity contribution in [3.8, 4) is 17.2 Å². The van der Waals surface area contributed by atoms with Crippen LogP contribution in [0.5, 0.6) is 0 Å². The van der Waals surface area contributed by atoms with Crippen LogP contribution < -0.4 is 10.2 Å². The number of rotatable bonds is 6. The summed E-state index contributed by atoms with van der Waals surface area (Å²) in [6, 6.07) is 17.7. The number of carbonyl (C=O) groups is 1. The quantitative estimate of drug-likeness (QED) is 0.496. The van der Waals surface area contributed by atoms with Crippen molar-refractivity contribution in [3.05, 3.63) is 84.9 Å². The first-order chi connectivity index (χ1) is 16.3. The highest BCUT2D eigenvalue weighted by atomic mass is 16.1. The van der Waals surface area contributed by atoms with Crippen molar-refractivity contribution in [1.82, 2.24) is 30.0 Å². The molecule has 0 radical (unpaired) electrons. The third kappa shape index (κ3) is 4.74. The van der Waals surface area contributed by atoms with E-state index in [1.54, 1.807) is 18.6 Å². The number of amides is 1. The van der Waals surface area contributed by atoms with Crippen molar-refractivity contribution in [1.29, 1.82) is 0 Å². The Hall–Kier alpha value is -4.07. The largest absolute Gasteiger partial charge is 0.354 e. The van der Waals surface area contributed by atoms with E-state index in [0.717, 1.165) is 42.2 Å². The minimum atomic E-state index is -0.0739. The lowest BCUT2D eigenvalue weighted by Crippen LogP contribution is -2.43. The van der Waals surface area contributed by atoms with Gasteiger partial charge in [0.25, 0.3) is 0 Å². The summed E-state index contributed by atoms with van der Waals surface area (Å²) >= 11 is 0. The minimum absolute atomic E-state index is 0.0686. The lowest BCUT2D eigenvalue weighted by atomic mass is 9.97. The molecule has 0 bridgehead atoms. The van der Waals surface area contributed by atoms with E-state index >= 15 is 0 Å². The first kappa shape index (κ1) is 20.8. The molecule has 8 nitrogen and oxygen atoms in total. The van der Waals surface area contributed by atoms with Crippen LogP contribution in [-0.2, 0) is 11.3 Å². The second-order valence-electron chi connectivity index (χ2n) is 8.10. The summed E-state index contributed by atoms with van der Waals surface area (Å²) in [5.41, 5.74) is 2.01. The van der Waals surface area contributed by atoms with Crippen molar-refractivity contribution < 1.29 is 4.79 Å². The maximum Gasteiger partial charge on any atom is 0.225 e. The Kier molecular flexibility index (Phi) is 6.06. The van der Waals surface area contributed by atoms with Gasteiger partial charge in [-0.2, -0.15) is 0 Å². The molecular weight excluding hydrogens is 414 g/mol. The van der Waals surface area contributed by atoms with Gasteiger partial charge in [0, 0.05) is 50.0 Å². The van der Waals surface area contributed by atoms with Gasteiger partial charge in [0.05, 0.1) is 5.92 Å². The number of anilines is 1. The van der Waals surface area contributed by atoms with E-state index in [9.17, 15) is 4.79 Å². The summed E-state index contributed by atoms with van der Waals surface area (Å²) in [5.74, 6) is 2.30. The number of nitrogens with one attached hydrogen (secondary N) is 1. The van der Waals surface area contributed by atoms with Gasteiger partial charge in [-0.1, -0.05) is 36.4 Å². The molecule has 1 amide bonds. The minimum Gasteiger partial charge on any atom is -0.354 e. The lowest BCUT2D eigenvalue weighted by Gasteiger charge is -2.32. The summed E-state index contributed by atoms with van der Waals surface area (Å²) < 4.78 is 1.93. The van der Waals surface area contributed by atoms with Crippen LogP contribution in [-0.4, -0.2) is 43.7 Å². The lowest BCUT2D eigenvalue weighted by molar-refractivity contribution is -0.125. The smallest absolute Gasteiger partial charge is 0.225 e. The molecule has 5 rings (SSSR count). The van der Waals surface area contributed by atoms with Crippen LogP contribution in [0, 0.1) is 5.92 Å². The van der Waals surface area contributed by atoms with Gasteiger partial charge in [0.2, 0.25) is 5.91 Å². The van der Waals surface area contributed by atoms with Gasteiger partial charge in [-0.15, -0.1) is 10.2 Å². The maximum atomic E-state index is 12.7. The fourth-order valence-corrected chi connectivity index (χ4v) is 4.14. The maximum absolute atomic E-state index is 12.7. The summed E-state index contributed by atoms with van der Waals surface area (Å²) in [4.78, 5) is 23.4. The Labute approximate surface area is 192 Å². The topological polar surface area (TPSA) is 88.8 Å². The molecule has 0 saturated carbocycles. The number of pyridine rings is 1. The van der Waals surface area contributed by atoms with Crippen LogP contribution >= 0.6 is 0 Å². The number of hydrogen-bond donors (Lipinski definition) is 1. The monoisotopic (exact) mass is 439 g/mol. The van der Waals surface area contributed by atoms with Gasteiger partial charge in [-0.05, 0) is 36.6 Å². The molecule has 4 aromatic rings. The number of aromatic nitrogens is 5. The zero-order valence-electron chi connectivity index (χ0n) is 18.2. The predicted molar refractivity (Wildman–Crippen MR) is 126 cm³/mol. The molecule has 1 aliphatic rings. The summed E-state index contributed by atoms with van der Waals surface area (Å²) in [6.45, 7) is 1.99. The fraction of sp³-hybridized carbons (Fsp3) is 0.240. The van der Waals surface area contributed by atoms with E-state index in [1.807, 2.05) is 65.4 Å². The second-order valence-corrected chi connectivity index (χ2v) is 8.10. The molecule has 1 atom stereocenters.